The molecule has 0 spiro atoms. The summed E-state index contributed by atoms with van der Waals surface area (Å²) in [6, 6.07) is 0. The van der Waals surface area contributed by atoms with Crippen LogP contribution in [0.3, 0.4) is 0 Å². The fourth-order valence-electron chi connectivity index (χ4n) is 0.654. The minimum atomic E-state index is -4.51. The van der Waals surface area contributed by atoms with E-state index in [0.717, 1.165) is 0 Å². The molecule has 0 unspecified atom stereocenters. The molecule has 0 fully saturated rings. The highest BCUT2D eigenvalue weighted by molar-refractivity contribution is 7.86. The maximum Gasteiger partial charge on any atom is 0.267 e. The highest BCUT2D eigenvalue weighted by Gasteiger charge is 2.26. The molecule has 0 radical (unpaired) electrons. The molecule has 0 aromatic carbocycles. The lowest BCUT2D eigenvalue weighted by molar-refractivity contribution is 0.0459. The maximum absolute atomic E-state index is 10.2. The third-order valence-corrected chi connectivity index (χ3v) is 2.73. The van der Waals surface area contributed by atoms with E-state index in [1.165, 1.54) is 0 Å². The van der Waals surface area contributed by atoms with Crippen LogP contribution in [-0.2, 0) is 20.2 Å². The normalized spacial score (nSPS) is 17.7. The summed E-state index contributed by atoms with van der Waals surface area (Å²) in [5, 5.41) is 17.7. The standard InChI is InChI=1S/C4H10O8S2/c5-3(1-13(7,8)9)4(6)2-14(10,11)12/h3-6H,1-2H2,(H,7,8,9)(H,10,11,12)/t3-,4-/m0/s1. The Kier molecular flexibility index (Phi) is 4.42. The number of aliphatic hydroxyl groups is 2. The summed E-state index contributed by atoms with van der Waals surface area (Å²) in [5.74, 6) is -2.41. The van der Waals surface area contributed by atoms with Crippen molar-refractivity contribution in [1.29, 1.82) is 0 Å². The van der Waals surface area contributed by atoms with Crippen LogP contribution < -0.4 is 0 Å². The van der Waals surface area contributed by atoms with Crippen LogP contribution in [-0.4, -0.2) is 59.9 Å². The van der Waals surface area contributed by atoms with Gasteiger partial charge in [-0.3, -0.25) is 9.11 Å². The van der Waals surface area contributed by atoms with Crippen LogP contribution in [0.15, 0.2) is 0 Å². The van der Waals surface area contributed by atoms with Gasteiger partial charge in [0, 0.05) is 0 Å². The fourth-order valence-corrected chi connectivity index (χ4v) is 1.96. The fraction of sp³-hybridized carbons (Fsp3) is 1.00. The molecular weight excluding hydrogens is 240 g/mol. The SMILES string of the molecule is O=S(=O)(O)C[C@H](O)[C@@H](O)CS(=O)(=O)O. The lowest BCUT2D eigenvalue weighted by Crippen LogP contribution is -2.37. The van der Waals surface area contributed by atoms with Crippen molar-refractivity contribution in [2.45, 2.75) is 12.2 Å². The van der Waals surface area contributed by atoms with Gasteiger partial charge in [-0.15, -0.1) is 0 Å². The number of rotatable bonds is 5. The van der Waals surface area contributed by atoms with Crippen LogP contribution in [0.4, 0.5) is 0 Å². The lowest BCUT2D eigenvalue weighted by atomic mass is 10.3. The first kappa shape index (κ1) is 13.7. The second-order valence-corrected chi connectivity index (χ2v) is 5.63. The van der Waals surface area contributed by atoms with Crippen molar-refractivity contribution in [2.24, 2.45) is 0 Å². The summed E-state index contributed by atoms with van der Waals surface area (Å²) in [5.41, 5.74) is 0. The monoisotopic (exact) mass is 250 g/mol. The molecule has 0 saturated carbocycles. The molecule has 0 aliphatic heterocycles. The average molecular weight is 250 g/mol. The van der Waals surface area contributed by atoms with Crippen molar-refractivity contribution >= 4 is 20.2 Å². The van der Waals surface area contributed by atoms with Crippen molar-refractivity contribution in [3.05, 3.63) is 0 Å². The molecule has 0 amide bonds. The Labute approximate surface area is 80.7 Å². The van der Waals surface area contributed by atoms with Crippen LogP contribution in [0, 0.1) is 0 Å². The molecule has 10 heteroatoms. The summed E-state index contributed by atoms with van der Waals surface area (Å²) < 4.78 is 57.2. The highest BCUT2D eigenvalue weighted by Crippen LogP contribution is 2.00. The third-order valence-electron chi connectivity index (χ3n) is 1.21. The van der Waals surface area contributed by atoms with Gasteiger partial charge in [0.05, 0.1) is 12.2 Å². The van der Waals surface area contributed by atoms with Gasteiger partial charge < -0.3 is 10.2 Å². The molecule has 0 aliphatic carbocycles. The lowest BCUT2D eigenvalue weighted by Gasteiger charge is -2.14. The van der Waals surface area contributed by atoms with E-state index in [4.69, 9.17) is 19.3 Å². The van der Waals surface area contributed by atoms with Gasteiger partial charge in [-0.05, 0) is 0 Å². The number of hydrogen-bond donors (Lipinski definition) is 4. The van der Waals surface area contributed by atoms with Gasteiger partial charge in [0.15, 0.2) is 0 Å². The second kappa shape index (κ2) is 4.51. The minimum absolute atomic E-state index is 1.20. The molecule has 0 aromatic heterocycles. The summed E-state index contributed by atoms with van der Waals surface area (Å²) in [7, 11) is -9.02. The largest absolute Gasteiger partial charge is 0.389 e. The van der Waals surface area contributed by atoms with Gasteiger partial charge >= 0.3 is 0 Å². The predicted octanol–water partition coefficient (Wildman–Crippen LogP) is -2.52. The second-order valence-electron chi connectivity index (χ2n) is 2.63. The van der Waals surface area contributed by atoms with Gasteiger partial charge in [-0.25, -0.2) is 0 Å². The first-order valence-electron chi connectivity index (χ1n) is 3.28. The summed E-state index contributed by atoms with van der Waals surface area (Å²) in [6.07, 6.45) is -3.96. The van der Waals surface area contributed by atoms with Crippen LogP contribution in [0.5, 0.6) is 0 Å². The molecule has 0 heterocycles. The van der Waals surface area contributed by atoms with Crippen LogP contribution in [0.2, 0.25) is 0 Å². The molecule has 14 heavy (non-hydrogen) atoms. The van der Waals surface area contributed by atoms with Crippen molar-refractivity contribution < 1.29 is 36.2 Å². The molecule has 2 atom stereocenters. The van der Waals surface area contributed by atoms with Gasteiger partial charge in [0.25, 0.3) is 20.2 Å². The van der Waals surface area contributed by atoms with E-state index >= 15 is 0 Å². The van der Waals surface area contributed by atoms with Gasteiger partial charge in [0.1, 0.15) is 11.5 Å². The summed E-state index contributed by atoms with van der Waals surface area (Å²) in [6.45, 7) is 0. The molecule has 0 saturated heterocycles. The zero-order chi connectivity index (χ0) is 11.6. The van der Waals surface area contributed by atoms with Crippen molar-refractivity contribution in [1.82, 2.24) is 0 Å². The molecule has 4 N–H and O–H groups in total. The Morgan fingerprint density at radius 2 is 1.00 bits per heavy atom. The van der Waals surface area contributed by atoms with E-state index in [-0.39, 0.29) is 0 Å². The third kappa shape index (κ3) is 7.17. The van der Waals surface area contributed by atoms with Crippen LogP contribution in [0.25, 0.3) is 0 Å². The van der Waals surface area contributed by atoms with Crippen molar-refractivity contribution in [3.8, 4) is 0 Å². The first-order chi connectivity index (χ1) is 6.01. The highest BCUT2D eigenvalue weighted by atomic mass is 32.2. The molecule has 0 aliphatic rings. The minimum Gasteiger partial charge on any atom is -0.389 e. The Morgan fingerprint density at radius 1 is 0.786 bits per heavy atom. The predicted molar refractivity (Wildman–Crippen MR) is 44.8 cm³/mol. The van der Waals surface area contributed by atoms with E-state index in [0.29, 0.717) is 0 Å². The van der Waals surface area contributed by atoms with Gasteiger partial charge in [0.2, 0.25) is 0 Å². The number of hydrogen-bond acceptors (Lipinski definition) is 6. The summed E-state index contributed by atoms with van der Waals surface area (Å²) >= 11 is 0. The first-order valence-corrected chi connectivity index (χ1v) is 6.49. The van der Waals surface area contributed by atoms with Gasteiger partial charge in [-0.2, -0.15) is 16.8 Å². The molecule has 8 nitrogen and oxygen atoms in total. The quantitative estimate of drug-likeness (QED) is 0.390. The summed E-state index contributed by atoms with van der Waals surface area (Å²) in [4.78, 5) is 0. The molecule has 0 bridgehead atoms. The number of aliphatic hydroxyl groups excluding tert-OH is 2. The van der Waals surface area contributed by atoms with Crippen molar-refractivity contribution in [3.63, 3.8) is 0 Å². The van der Waals surface area contributed by atoms with Crippen LogP contribution in [0.1, 0.15) is 0 Å². The average Bonchev–Trinajstić information content (AvgIpc) is 1.78. The topological polar surface area (TPSA) is 149 Å². The zero-order valence-corrected chi connectivity index (χ0v) is 8.44. The van der Waals surface area contributed by atoms with E-state index in [1.807, 2.05) is 0 Å². The Balaban J connectivity index is 4.35. The molecular formula is C4H10O8S2. The molecule has 0 aromatic rings. The Hall–Kier alpha value is -0.260. The maximum atomic E-state index is 10.2. The smallest absolute Gasteiger partial charge is 0.267 e. The Morgan fingerprint density at radius 3 is 1.14 bits per heavy atom. The van der Waals surface area contributed by atoms with E-state index in [9.17, 15) is 16.8 Å². The molecule has 0 rings (SSSR count). The van der Waals surface area contributed by atoms with E-state index in [2.05, 4.69) is 0 Å². The van der Waals surface area contributed by atoms with E-state index < -0.39 is 43.9 Å². The molecule has 86 valence electrons. The van der Waals surface area contributed by atoms with Crippen molar-refractivity contribution in [2.75, 3.05) is 11.5 Å². The van der Waals surface area contributed by atoms with E-state index in [1.54, 1.807) is 0 Å². The van der Waals surface area contributed by atoms with Gasteiger partial charge in [-0.1, -0.05) is 0 Å². The Bertz CT molecular complexity index is 328. The van der Waals surface area contributed by atoms with Crippen LogP contribution >= 0.6 is 0 Å². The zero-order valence-electron chi connectivity index (χ0n) is 6.81.